The number of aromatic nitrogens is 3. The third kappa shape index (κ3) is 3.48. The lowest BCUT2D eigenvalue weighted by Crippen LogP contribution is -2.46. The zero-order valence-corrected chi connectivity index (χ0v) is 13.9. The van der Waals surface area contributed by atoms with Gasteiger partial charge in [-0.1, -0.05) is 0 Å². The normalized spacial score (nSPS) is 19.3. The number of anilines is 1. The topological polar surface area (TPSA) is 66.2 Å². The number of aryl methyl sites for hydroxylation is 1. The van der Waals surface area contributed by atoms with Crippen molar-refractivity contribution in [1.29, 1.82) is 0 Å². The van der Waals surface area contributed by atoms with Crippen LogP contribution in [-0.4, -0.2) is 45.5 Å². The van der Waals surface area contributed by atoms with E-state index in [0.717, 1.165) is 36.6 Å². The van der Waals surface area contributed by atoms with Gasteiger partial charge in [0.25, 0.3) is 0 Å². The van der Waals surface area contributed by atoms with Crippen LogP contribution in [-0.2, 0) is 12.6 Å². The Balaban J connectivity index is 1.49. The Morgan fingerprint density at radius 1 is 1.45 bits per heavy atom. The van der Waals surface area contributed by atoms with Crippen molar-refractivity contribution in [3.05, 3.63) is 29.5 Å². The lowest BCUT2D eigenvalue weighted by Gasteiger charge is -2.34. The van der Waals surface area contributed by atoms with Crippen LogP contribution < -0.4 is 10.2 Å². The molecular weight excluding hydrogens is 298 g/mol. The highest BCUT2D eigenvalue weighted by Crippen LogP contribution is 2.23. The fourth-order valence-corrected chi connectivity index (χ4v) is 3.49. The predicted molar refractivity (Wildman–Crippen MR) is 88.1 cm³/mol. The van der Waals surface area contributed by atoms with E-state index in [1.807, 2.05) is 31.7 Å². The summed E-state index contributed by atoms with van der Waals surface area (Å²) in [6.45, 7) is 4.41. The molecule has 1 saturated heterocycles. The molecule has 1 aliphatic rings. The molecule has 1 unspecified atom stereocenters. The fraction of sp³-hybridized carbons (Fsp3) is 0.600. The molecule has 2 N–H and O–H groups in total. The van der Waals surface area contributed by atoms with Gasteiger partial charge in [0.15, 0.2) is 5.13 Å². The summed E-state index contributed by atoms with van der Waals surface area (Å²) in [6.07, 6.45) is 7.60. The second kappa shape index (κ2) is 6.36. The zero-order chi connectivity index (χ0) is 15.6. The number of nitrogens with one attached hydrogen (secondary N) is 1. The molecule has 6 nitrogen and oxygen atoms in total. The Labute approximate surface area is 134 Å². The molecule has 0 amide bonds. The van der Waals surface area contributed by atoms with Gasteiger partial charge in [-0.2, -0.15) is 5.10 Å². The quantitative estimate of drug-likeness (QED) is 0.870. The first-order valence-electron chi connectivity index (χ1n) is 7.64. The molecule has 0 spiro atoms. The van der Waals surface area contributed by atoms with E-state index < -0.39 is 5.60 Å². The average molecular weight is 321 g/mol. The lowest BCUT2D eigenvalue weighted by atomic mass is 9.98. The number of hydrogen-bond acceptors (Lipinski definition) is 6. The Morgan fingerprint density at radius 2 is 2.23 bits per heavy atom. The third-order valence-corrected chi connectivity index (χ3v) is 5.08. The van der Waals surface area contributed by atoms with Crippen molar-refractivity contribution < 1.29 is 5.11 Å². The summed E-state index contributed by atoms with van der Waals surface area (Å²) in [4.78, 5) is 6.70. The number of nitrogens with zero attached hydrogens (tertiary/aromatic N) is 4. The second-order valence-corrected chi connectivity index (χ2v) is 7.01. The first-order chi connectivity index (χ1) is 10.5. The molecular formula is C15H23N5OS. The van der Waals surface area contributed by atoms with Crippen LogP contribution in [0, 0.1) is 0 Å². The smallest absolute Gasteiger partial charge is 0.185 e. The molecule has 0 aliphatic carbocycles. The van der Waals surface area contributed by atoms with Gasteiger partial charge in [0, 0.05) is 56.1 Å². The molecule has 2 aromatic rings. The first kappa shape index (κ1) is 15.5. The minimum absolute atomic E-state index is 0.444. The van der Waals surface area contributed by atoms with Crippen LogP contribution in [0.3, 0.4) is 0 Å². The van der Waals surface area contributed by atoms with Crippen molar-refractivity contribution in [3.8, 4) is 0 Å². The van der Waals surface area contributed by atoms with Gasteiger partial charge in [0.05, 0.1) is 6.20 Å². The summed E-state index contributed by atoms with van der Waals surface area (Å²) in [5.74, 6) is 0. The summed E-state index contributed by atoms with van der Waals surface area (Å²) < 4.78 is 1.72. The maximum Gasteiger partial charge on any atom is 0.185 e. The van der Waals surface area contributed by atoms with Crippen molar-refractivity contribution in [2.45, 2.75) is 31.4 Å². The summed E-state index contributed by atoms with van der Waals surface area (Å²) in [6, 6.07) is 0.444. The average Bonchev–Trinajstić information content (AvgIpc) is 3.17. The molecule has 3 rings (SSSR count). The van der Waals surface area contributed by atoms with E-state index in [2.05, 4.69) is 20.3 Å². The van der Waals surface area contributed by atoms with Crippen molar-refractivity contribution in [3.63, 3.8) is 0 Å². The van der Waals surface area contributed by atoms with Crippen LogP contribution in [0.2, 0.25) is 0 Å². The molecule has 1 fully saturated rings. The molecule has 0 aromatic carbocycles. The highest BCUT2D eigenvalue weighted by atomic mass is 32.1. The number of thiazole rings is 1. The monoisotopic (exact) mass is 321 g/mol. The van der Waals surface area contributed by atoms with Crippen molar-refractivity contribution in [2.24, 2.45) is 7.05 Å². The summed E-state index contributed by atoms with van der Waals surface area (Å²) in [5.41, 5.74) is -0.0385. The minimum Gasteiger partial charge on any atom is -0.384 e. The Bertz CT molecular complexity index is 587. The van der Waals surface area contributed by atoms with Gasteiger partial charge in [-0.25, -0.2) is 4.98 Å². The van der Waals surface area contributed by atoms with E-state index in [0.29, 0.717) is 12.6 Å². The van der Waals surface area contributed by atoms with E-state index in [1.54, 1.807) is 22.2 Å². The molecule has 120 valence electrons. The van der Waals surface area contributed by atoms with E-state index in [9.17, 15) is 5.11 Å². The number of piperidine rings is 1. The van der Waals surface area contributed by atoms with Crippen molar-refractivity contribution >= 4 is 16.5 Å². The Hall–Kier alpha value is -1.44. The summed E-state index contributed by atoms with van der Waals surface area (Å²) in [7, 11) is 1.86. The van der Waals surface area contributed by atoms with Gasteiger partial charge < -0.3 is 15.3 Å². The van der Waals surface area contributed by atoms with Crippen LogP contribution in [0.5, 0.6) is 0 Å². The highest BCUT2D eigenvalue weighted by Gasteiger charge is 2.27. The van der Waals surface area contributed by atoms with E-state index in [4.69, 9.17) is 0 Å². The first-order valence-corrected chi connectivity index (χ1v) is 8.52. The van der Waals surface area contributed by atoms with Crippen LogP contribution in [0.4, 0.5) is 5.13 Å². The second-order valence-electron chi connectivity index (χ2n) is 6.13. The van der Waals surface area contributed by atoms with E-state index in [-0.39, 0.29) is 0 Å². The Kier molecular flexibility index (Phi) is 4.46. The van der Waals surface area contributed by atoms with Crippen molar-refractivity contribution in [1.82, 2.24) is 20.1 Å². The maximum absolute atomic E-state index is 10.6. The maximum atomic E-state index is 10.6. The minimum atomic E-state index is -0.888. The standard InChI is InChI=1S/C15H23N5OS/c1-15(21,12-9-18-19(2)10-12)11-17-13-3-6-20(7-4-13)14-16-5-8-22-14/h5,8-10,13,17,21H,3-4,6-7,11H2,1-2H3. The molecule has 22 heavy (non-hydrogen) atoms. The SMILES string of the molecule is Cn1cc(C(C)(O)CNC2CCN(c3nccs3)CC2)cn1. The van der Waals surface area contributed by atoms with Gasteiger partial charge in [-0.15, -0.1) is 11.3 Å². The van der Waals surface area contributed by atoms with Crippen LogP contribution >= 0.6 is 11.3 Å². The predicted octanol–water partition coefficient (Wildman–Crippen LogP) is 1.34. The molecule has 0 radical (unpaired) electrons. The Morgan fingerprint density at radius 3 is 2.82 bits per heavy atom. The molecule has 1 aliphatic heterocycles. The van der Waals surface area contributed by atoms with Gasteiger partial charge in [0.2, 0.25) is 0 Å². The molecule has 3 heterocycles. The molecule has 2 aromatic heterocycles. The van der Waals surface area contributed by atoms with E-state index >= 15 is 0 Å². The summed E-state index contributed by atoms with van der Waals surface area (Å²) in [5, 5.41) is 21.4. The van der Waals surface area contributed by atoms with Crippen LogP contribution in [0.1, 0.15) is 25.3 Å². The van der Waals surface area contributed by atoms with Gasteiger partial charge in [-0.3, -0.25) is 4.68 Å². The lowest BCUT2D eigenvalue weighted by molar-refractivity contribution is 0.0527. The third-order valence-electron chi connectivity index (χ3n) is 4.25. The number of rotatable bonds is 5. The van der Waals surface area contributed by atoms with Gasteiger partial charge in [0.1, 0.15) is 5.60 Å². The zero-order valence-electron chi connectivity index (χ0n) is 13.1. The van der Waals surface area contributed by atoms with Gasteiger partial charge >= 0.3 is 0 Å². The largest absolute Gasteiger partial charge is 0.384 e. The van der Waals surface area contributed by atoms with Crippen LogP contribution in [0.15, 0.2) is 24.0 Å². The molecule has 0 saturated carbocycles. The van der Waals surface area contributed by atoms with E-state index in [1.165, 1.54) is 0 Å². The summed E-state index contributed by atoms with van der Waals surface area (Å²) >= 11 is 1.69. The molecule has 7 heteroatoms. The number of hydrogen-bond donors (Lipinski definition) is 2. The van der Waals surface area contributed by atoms with Crippen LogP contribution in [0.25, 0.3) is 0 Å². The van der Waals surface area contributed by atoms with Crippen molar-refractivity contribution in [2.75, 3.05) is 24.5 Å². The highest BCUT2D eigenvalue weighted by molar-refractivity contribution is 7.13. The fourth-order valence-electron chi connectivity index (χ4n) is 2.79. The number of aliphatic hydroxyl groups is 1. The van der Waals surface area contributed by atoms with Gasteiger partial charge in [-0.05, 0) is 19.8 Å². The molecule has 0 bridgehead atoms. The molecule has 1 atom stereocenters.